The maximum Gasteiger partial charge on any atom is 0.417 e. The molecular weight excluding hydrogens is 426 g/mol. The summed E-state index contributed by atoms with van der Waals surface area (Å²) in [5.74, 6) is -1.06. The van der Waals surface area contributed by atoms with Gasteiger partial charge in [-0.1, -0.05) is 28.9 Å². The van der Waals surface area contributed by atoms with Gasteiger partial charge in [0.05, 0.1) is 27.9 Å². The zero-order valence-electron chi connectivity index (χ0n) is 15.5. The molecule has 3 aromatic rings. The highest BCUT2D eigenvalue weighted by molar-refractivity contribution is 6.34. The average Bonchev–Trinajstić information content (AvgIpc) is 3.12. The van der Waals surface area contributed by atoms with Crippen LogP contribution in [0.3, 0.4) is 0 Å². The van der Waals surface area contributed by atoms with E-state index in [1.165, 1.54) is 27.8 Å². The van der Waals surface area contributed by atoms with Gasteiger partial charge in [0.2, 0.25) is 5.95 Å². The Kier molecular flexibility index (Phi) is 4.97. The highest BCUT2D eigenvalue weighted by Crippen LogP contribution is 2.38. The van der Waals surface area contributed by atoms with E-state index in [9.17, 15) is 22.4 Å². The average molecular weight is 440 g/mol. The Bertz CT molecular complexity index is 1130. The lowest BCUT2D eigenvalue weighted by atomic mass is 10.0. The number of benzene rings is 1. The molecular formula is C19H14ClF4N5O. The van der Waals surface area contributed by atoms with Crippen LogP contribution in [0.1, 0.15) is 40.3 Å². The van der Waals surface area contributed by atoms with E-state index in [-0.39, 0.29) is 17.9 Å². The van der Waals surface area contributed by atoms with Gasteiger partial charge in [-0.05, 0) is 31.2 Å². The predicted octanol–water partition coefficient (Wildman–Crippen LogP) is 4.23. The van der Waals surface area contributed by atoms with Crippen LogP contribution in [0.25, 0.3) is 5.82 Å². The Labute approximate surface area is 173 Å². The summed E-state index contributed by atoms with van der Waals surface area (Å²) in [6.07, 6.45) is -4.36. The molecule has 11 heteroatoms. The van der Waals surface area contributed by atoms with Crippen LogP contribution in [-0.2, 0) is 12.6 Å². The molecule has 1 unspecified atom stereocenters. The fraction of sp³-hybridized carbons (Fsp3) is 0.263. The van der Waals surface area contributed by atoms with Crippen LogP contribution in [0.2, 0.25) is 5.02 Å². The van der Waals surface area contributed by atoms with Crippen molar-refractivity contribution < 1.29 is 22.4 Å². The Morgan fingerprint density at radius 1 is 1.20 bits per heavy atom. The van der Waals surface area contributed by atoms with Crippen LogP contribution < -0.4 is 0 Å². The minimum absolute atomic E-state index is 0.197. The predicted molar refractivity (Wildman–Crippen MR) is 98.7 cm³/mol. The summed E-state index contributed by atoms with van der Waals surface area (Å²) in [5, 5.41) is 7.47. The van der Waals surface area contributed by atoms with E-state index >= 15 is 0 Å². The molecule has 0 saturated heterocycles. The van der Waals surface area contributed by atoms with Crippen LogP contribution in [-0.4, -0.2) is 37.3 Å². The Morgan fingerprint density at radius 3 is 2.63 bits per heavy atom. The second kappa shape index (κ2) is 7.35. The van der Waals surface area contributed by atoms with Gasteiger partial charge in [0.25, 0.3) is 5.91 Å². The van der Waals surface area contributed by atoms with Gasteiger partial charge in [0.1, 0.15) is 5.69 Å². The number of carbonyl (C=O) groups is 1. The molecule has 1 aromatic carbocycles. The van der Waals surface area contributed by atoms with Gasteiger partial charge in [-0.25, -0.2) is 4.98 Å². The summed E-state index contributed by atoms with van der Waals surface area (Å²) in [4.78, 5) is 18.2. The fourth-order valence-corrected chi connectivity index (χ4v) is 3.80. The van der Waals surface area contributed by atoms with Crippen LogP contribution >= 0.6 is 11.6 Å². The van der Waals surface area contributed by atoms with Gasteiger partial charge in [0, 0.05) is 13.0 Å². The second-order valence-electron chi connectivity index (χ2n) is 6.74. The van der Waals surface area contributed by atoms with E-state index in [1.807, 2.05) is 0 Å². The van der Waals surface area contributed by atoms with Crippen molar-refractivity contribution in [3.05, 3.63) is 69.9 Å². The molecule has 30 heavy (non-hydrogen) atoms. The smallest absolute Gasteiger partial charge is 0.330 e. The fourth-order valence-electron chi connectivity index (χ4n) is 3.49. The van der Waals surface area contributed by atoms with E-state index in [2.05, 4.69) is 15.3 Å². The topological polar surface area (TPSA) is 63.9 Å². The maximum atomic E-state index is 13.5. The number of halogens is 5. The van der Waals surface area contributed by atoms with E-state index < -0.39 is 34.7 Å². The molecule has 2 aromatic heterocycles. The molecule has 1 amide bonds. The van der Waals surface area contributed by atoms with Gasteiger partial charge in [-0.3, -0.25) is 4.79 Å². The number of pyridine rings is 1. The molecule has 0 saturated carbocycles. The van der Waals surface area contributed by atoms with Crippen LogP contribution in [0.4, 0.5) is 17.6 Å². The molecule has 0 spiro atoms. The number of aromatic nitrogens is 4. The number of carbonyl (C=O) groups excluding carboxylic acids is 1. The number of rotatable bonds is 2. The monoisotopic (exact) mass is 439 g/mol. The highest BCUT2D eigenvalue weighted by atomic mass is 35.5. The first-order valence-corrected chi connectivity index (χ1v) is 9.30. The standard InChI is InChI=1S/C19H14ClF4N5O/c1-10-17-13(29(27-26-17)15-7-3-6-14(21)25-15)8-9-28(10)18(30)11-4-2-5-12(16(11)20)19(22,23)24/h2-7,10H,8-9H2,1H3. The lowest BCUT2D eigenvalue weighted by Crippen LogP contribution is -2.39. The van der Waals surface area contributed by atoms with Crippen LogP contribution in [0.5, 0.6) is 0 Å². The first-order valence-electron chi connectivity index (χ1n) is 8.92. The van der Waals surface area contributed by atoms with E-state index in [1.54, 1.807) is 13.0 Å². The third-order valence-corrected chi connectivity index (χ3v) is 5.37. The Hall–Kier alpha value is -3.01. The van der Waals surface area contributed by atoms with Crippen molar-refractivity contribution in [1.29, 1.82) is 0 Å². The number of alkyl halides is 3. The molecule has 0 radical (unpaired) electrons. The molecule has 0 bridgehead atoms. The lowest BCUT2D eigenvalue weighted by molar-refractivity contribution is -0.137. The Morgan fingerprint density at radius 2 is 1.93 bits per heavy atom. The number of nitrogens with zero attached hydrogens (tertiary/aromatic N) is 5. The van der Waals surface area contributed by atoms with Crippen molar-refractivity contribution in [3.8, 4) is 5.82 Å². The molecule has 0 N–H and O–H groups in total. The third kappa shape index (κ3) is 3.41. The number of amides is 1. The molecule has 4 rings (SSSR count). The maximum absolute atomic E-state index is 13.5. The summed E-state index contributed by atoms with van der Waals surface area (Å²) in [6.45, 7) is 1.89. The lowest BCUT2D eigenvalue weighted by Gasteiger charge is -2.33. The van der Waals surface area contributed by atoms with Crippen molar-refractivity contribution in [2.24, 2.45) is 0 Å². The van der Waals surface area contributed by atoms with Gasteiger partial charge in [-0.2, -0.15) is 22.2 Å². The van der Waals surface area contributed by atoms with Crippen LogP contribution in [0, 0.1) is 5.95 Å². The molecule has 6 nitrogen and oxygen atoms in total. The number of hydrogen-bond donors (Lipinski definition) is 0. The molecule has 0 fully saturated rings. The molecule has 1 aliphatic heterocycles. The van der Waals surface area contributed by atoms with E-state index in [0.29, 0.717) is 17.8 Å². The highest BCUT2D eigenvalue weighted by Gasteiger charge is 2.37. The van der Waals surface area contributed by atoms with E-state index in [4.69, 9.17) is 11.6 Å². The molecule has 0 aliphatic carbocycles. The SMILES string of the molecule is CC1c2nnn(-c3cccc(F)n3)c2CCN1C(=O)c1cccc(C(F)(F)F)c1Cl. The van der Waals surface area contributed by atoms with Gasteiger partial charge in [-0.15, -0.1) is 5.10 Å². The van der Waals surface area contributed by atoms with Gasteiger partial charge >= 0.3 is 6.18 Å². The molecule has 1 aliphatic rings. The second-order valence-corrected chi connectivity index (χ2v) is 7.12. The Balaban J connectivity index is 1.67. The minimum atomic E-state index is -4.67. The summed E-state index contributed by atoms with van der Waals surface area (Å²) in [5.41, 5.74) is -0.187. The summed E-state index contributed by atoms with van der Waals surface area (Å²) in [7, 11) is 0. The van der Waals surface area contributed by atoms with Gasteiger partial charge in [0.15, 0.2) is 5.82 Å². The largest absolute Gasteiger partial charge is 0.417 e. The van der Waals surface area contributed by atoms with Crippen molar-refractivity contribution in [2.45, 2.75) is 25.6 Å². The zero-order chi connectivity index (χ0) is 21.6. The van der Waals surface area contributed by atoms with Crippen molar-refractivity contribution in [3.63, 3.8) is 0 Å². The summed E-state index contributed by atoms with van der Waals surface area (Å²) >= 11 is 5.91. The van der Waals surface area contributed by atoms with Gasteiger partial charge < -0.3 is 4.90 Å². The minimum Gasteiger partial charge on any atom is -0.330 e. The van der Waals surface area contributed by atoms with Crippen molar-refractivity contribution in [1.82, 2.24) is 24.9 Å². The normalized spacial score (nSPS) is 16.5. The molecule has 156 valence electrons. The summed E-state index contributed by atoms with van der Waals surface area (Å²) < 4.78 is 54.3. The third-order valence-electron chi connectivity index (χ3n) is 4.96. The summed E-state index contributed by atoms with van der Waals surface area (Å²) in [6, 6.07) is 6.92. The van der Waals surface area contributed by atoms with Crippen molar-refractivity contribution in [2.75, 3.05) is 6.54 Å². The number of hydrogen-bond acceptors (Lipinski definition) is 4. The van der Waals surface area contributed by atoms with E-state index in [0.717, 1.165) is 12.1 Å². The zero-order valence-corrected chi connectivity index (χ0v) is 16.2. The molecule has 3 heterocycles. The number of fused-ring (bicyclic) bond motifs is 1. The van der Waals surface area contributed by atoms with Crippen LogP contribution in [0.15, 0.2) is 36.4 Å². The first-order chi connectivity index (χ1) is 14.2. The first kappa shape index (κ1) is 20.3. The quantitative estimate of drug-likeness (QED) is 0.443. The van der Waals surface area contributed by atoms with Crippen molar-refractivity contribution >= 4 is 17.5 Å². The molecule has 1 atom stereocenters.